The highest BCUT2D eigenvalue weighted by molar-refractivity contribution is 6.05. The molecular weight excluding hydrogens is 384 g/mol. The largest absolute Gasteiger partial charge is 0.507 e. The Hall–Kier alpha value is -4.00. The van der Waals surface area contributed by atoms with Gasteiger partial charge in [0.1, 0.15) is 11.3 Å². The molecule has 1 aliphatic rings. The number of nitrogens with one attached hydrogen (secondary N) is 1. The minimum Gasteiger partial charge on any atom is -0.507 e. The van der Waals surface area contributed by atoms with Gasteiger partial charge in [0.2, 0.25) is 12.7 Å². The molecule has 0 saturated carbocycles. The summed E-state index contributed by atoms with van der Waals surface area (Å²) in [5.41, 5.74) is 4.76. The maximum atomic E-state index is 12.7. The van der Waals surface area contributed by atoms with Crippen LogP contribution in [0.4, 0.5) is 5.69 Å². The average Bonchev–Trinajstić information content (AvgIpc) is 3.35. The Bertz CT molecular complexity index is 1310. The van der Waals surface area contributed by atoms with Crippen molar-refractivity contribution in [3.63, 3.8) is 0 Å². The lowest BCUT2D eigenvalue weighted by Crippen LogP contribution is -2.11. The molecule has 0 unspecified atom stereocenters. The lowest BCUT2D eigenvalue weighted by molar-refractivity contribution is 0.102. The molecule has 0 aliphatic carbocycles. The number of hydrogen-bond acceptors (Lipinski definition) is 6. The molecule has 0 spiro atoms. The van der Waals surface area contributed by atoms with Crippen LogP contribution in [0.2, 0.25) is 0 Å². The Labute approximate surface area is 171 Å². The first kappa shape index (κ1) is 18.1. The number of nitrogens with zero attached hydrogens (tertiary/aromatic N) is 1. The molecule has 0 bridgehead atoms. The van der Waals surface area contributed by atoms with Crippen molar-refractivity contribution in [3.8, 4) is 28.7 Å². The van der Waals surface area contributed by atoms with Gasteiger partial charge in [0, 0.05) is 11.3 Å². The summed E-state index contributed by atoms with van der Waals surface area (Å²) in [4.78, 5) is 17.2. The zero-order chi connectivity index (χ0) is 20.8. The van der Waals surface area contributed by atoms with Gasteiger partial charge in [-0.2, -0.15) is 0 Å². The van der Waals surface area contributed by atoms with Crippen LogP contribution in [0.25, 0.3) is 22.6 Å². The van der Waals surface area contributed by atoms with Crippen LogP contribution in [-0.4, -0.2) is 22.8 Å². The van der Waals surface area contributed by atoms with Gasteiger partial charge in [-0.05, 0) is 67.4 Å². The van der Waals surface area contributed by atoms with E-state index in [9.17, 15) is 9.90 Å². The number of carbonyl (C=O) groups excluding carboxylic acids is 1. The molecule has 1 aromatic heterocycles. The topological polar surface area (TPSA) is 93.8 Å². The average molecular weight is 402 g/mol. The molecule has 7 nitrogen and oxygen atoms in total. The minimum atomic E-state index is -0.311. The van der Waals surface area contributed by atoms with Crippen molar-refractivity contribution in [2.45, 2.75) is 13.8 Å². The molecule has 2 N–H and O–H groups in total. The lowest BCUT2D eigenvalue weighted by atomic mass is 10.1. The first-order valence-corrected chi connectivity index (χ1v) is 9.40. The second-order valence-electron chi connectivity index (χ2n) is 7.20. The number of rotatable bonds is 3. The van der Waals surface area contributed by atoms with E-state index < -0.39 is 0 Å². The quantitative estimate of drug-likeness (QED) is 0.478. The number of benzene rings is 3. The van der Waals surface area contributed by atoms with Crippen molar-refractivity contribution in [2.75, 3.05) is 12.1 Å². The Morgan fingerprint density at radius 2 is 1.87 bits per heavy atom. The van der Waals surface area contributed by atoms with Gasteiger partial charge >= 0.3 is 0 Å². The molecule has 3 aromatic carbocycles. The van der Waals surface area contributed by atoms with Crippen LogP contribution in [0, 0.1) is 13.8 Å². The van der Waals surface area contributed by atoms with E-state index >= 15 is 0 Å². The summed E-state index contributed by atoms with van der Waals surface area (Å²) in [7, 11) is 0. The van der Waals surface area contributed by atoms with E-state index in [1.165, 1.54) is 6.07 Å². The Balaban J connectivity index is 1.46. The van der Waals surface area contributed by atoms with Crippen molar-refractivity contribution < 1.29 is 23.8 Å². The van der Waals surface area contributed by atoms with Gasteiger partial charge in [0.05, 0.1) is 5.56 Å². The van der Waals surface area contributed by atoms with Crippen LogP contribution in [0.3, 0.4) is 0 Å². The van der Waals surface area contributed by atoms with E-state index in [2.05, 4.69) is 10.3 Å². The number of aryl methyl sites for hydroxylation is 2. The van der Waals surface area contributed by atoms with E-state index in [-0.39, 0.29) is 24.3 Å². The monoisotopic (exact) mass is 402 g/mol. The van der Waals surface area contributed by atoms with Crippen LogP contribution in [0.1, 0.15) is 21.5 Å². The van der Waals surface area contributed by atoms with Gasteiger partial charge in [-0.25, -0.2) is 4.98 Å². The van der Waals surface area contributed by atoms with E-state index in [1.54, 1.807) is 30.3 Å². The van der Waals surface area contributed by atoms with Gasteiger partial charge in [-0.1, -0.05) is 6.07 Å². The maximum absolute atomic E-state index is 12.7. The van der Waals surface area contributed by atoms with Crippen LogP contribution < -0.4 is 14.8 Å². The van der Waals surface area contributed by atoms with Crippen LogP contribution >= 0.6 is 0 Å². The van der Waals surface area contributed by atoms with Gasteiger partial charge in [0.25, 0.3) is 5.91 Å². The molecule has 0 saturated heterocycles. The highest BCUT2D eigenvalue weighted by atomic mass is 16.7. The zero-order valence-corrected chi connectivity index (χ0v) is 16.4. The third kappa shape index (κ3) is 3.10. The van der Waals surface area contributed by atoms with Crippen LogP contribution in [0.15, 0.2) is 52.9 Å². The van der Waals surface area contributed by atoms with Crippen molar-refractivity contribution in [1.29, 1.82) is 0 Å². The van der Waals surface area contributed by atoms with Crippen molar-refractivity contribution in [3.05, 3.63) is 65.2 Å². The Morgan fingerprint density at radius 3 is 2.73 bits per heavy atom. The molecule has 0 radical (unpaired) electrons. The predicted octanol–water partition coefficient (Wildman–Crippen LogP) is 4.80. The highest BCUT2D eigenvalue weighted by Crippen LogP contribution is 2.35. The fraction of sp³-hybridized carbons (Fsp3) is 0.130. The number of anilines is 1. The number of phenolic OH excluding ortho intramolecular Hbond substituents is 1. The molecule has 2 heterocycles. The number of hydrogen-bond donors (Lipinski definition) is 2. The Kier molecular flexibility index (Phi) is 4.10. The number of fused-ring (bicyclic) bond motifs is 2. The number of ether oxygens (including phenoxy) is 2. The smallest absolute Gasteiger partial charge is 0.255 e. The van der Waals surface area contributed by atoms with Gasteiger partial charge in [0.15, 0.2) is 17.1 Å². The zero-order valence-electron chi connectivity index (χ0n) is 16.4. The molecule has 30 heavy (non-hydrogen) atoms. The molecule has 0 atom stereocenters. The predicted molar refractivity (Wildman–Crippen MR) is 111 cm³/mol. The number of oxazole rings is 1. The van der Waals surface area contributed by atoms with Crippen LogP contribution in [0.5, 0.6) is 17.2 Å². The summed E-state index contributed by atoms with van der Waals surface area (Å²) in [6.45, 7) is 4.09. The first-order valence-electron chi connectivity index (χ1n) is 9.40. The van der Waals surface area contributed by atoms with E-state index in [0.717, 1.165) is 16.6 Å². The lowest BCUT2D eigenvalue weighted by Gasteiger charge is -2.08. The molecule has 150 valence electrons. The highest BCUT2D eigenvalue weighted by Gasteiger charge is 2.18. The third-order valence-corrected chi connectivity index (χ3v) is 4.94. The van der Waals surface area contributed by atoms with Gasteiger partial charge < -0.3 is 24.3 Å². The fourth-order valence-corrected chi connectivity index (χ4v) is 3.52. The van der Waals surface area contributed by atoms with Crippen molar-refractivity contribution in [2.24, 2.45) is 0 Å². The van der Waals surface area contributed by atoms with Crippen molar-refractivity contribution >= 4 is 22.7 Å². The summed E-state index contributed by atoms with van der Waals surface area (Å²) in [6.07, 6.45) is 0. The first-order chi connectivity index (χ1) is 14.5. The normalized spacial score (nSPS) is 12.3. The summed E-state index contributed by atoms with van der Waals surface area (Å²) in [5.74, 6) is 1.13. The molecule has 7 heteroatoms. The molecular formula is C23H18N2O5. The minimum absolute atomic E-state index is 0.0111. The molecule has 1 aliphatic heterocycles. The van der Waals surface area contributed by atoms with E-state index in [4.69, 9.17) is 13.9 Å². The van der Waals surface area contributed by atoms with E-state index in [1.807, 2.05) is 26.0 Å². The molecule has 1 amide bonds. The van der Waals surface area contributed by atoms with E-state index in [0.29, 0.717) is 33.9 Å². The summed E-state index contributed by atoms with van der Waals surface area (Å²) in [5, 5.41) is 13.2. The molecule has 4 aromatic rings. The number of carbonyl (C=O) groups is 1. The second kappa shape index (κ2) is 6.81. The summed E-state index contributed by atoms with van der Waals surface area (Å²) in [6, 6.07) is 13.7. The fourth-order valence-electron chi connectivity index (χ4n) is 3.52. The SMILES string of the molecule is Cc1cc(C)c2oc(-c3cc(NC(=O)c4ccc5c(c4)OCO5)ccc3O)nc2c1. The van der Waals surface area contributed by atoms with Gasteiger partial charge in [-0.15, -0.1) is 0 Å². The molecule has 0 fully saturated rings. The summed E-state index contributed by atoms with van der Waals surface area (Å²) >= 11 is 0. The van der Waals surface area contributed by atoms with Gasteiger partial charge in [-0.3, -0.25) is 4.79 Å². The number of aromatic nitrogens is 1. The maximum Gasteiger partial charge on any atom is 0.255 e. The van der Waals surface area contributed by atoms with Crippen molar-refractivity contribution in [1.82, 2.24) is 4.98 Å². The second-order valence-corrected chi connectivity index (χ2v) is 7.20. The number of amides is 1. The number of phenols is 1. The van der Waals surface area contributed by atoms with Crippen LogP contribution in [-0.2, 0) is 0 Å². The number of aromatic hydroxyl groups is 1. The third-order valence-electron chi connectivity index (χ3n) is 4.94. The molecule has 5 rings (SSSR count). The standard InChI is InChI=1S/C23H18N2O5/c1-12-7-13(2)21-17(8-12)25-23(30-21)16-10-15(4-5-18(16)26)24-22(27)14-3-6-19-20(9-14)29-11-28-19/h3-10,26H,11H2,1-2H3,(H,24,27). The summed E-state index contributed by atoms with van der Waals surface area (Å²) < 4.78 is 16.5. The Morgan fingerprint density at radius 1 is 1.03 bits per heavy atom.